The van der Waals surface area contributed by atoms with Crippen LogP contribution < -0.4 is 10.2 Å². The van der Waals surface area contributed by atoms with Gasteiger partial charge in [-0.05, 0) is 54.7 Å². The summed E-state index contributed by atoms with van der Waals surface area (Å²) < 4.78 is 0. The maximum absolute atomic E-state index is 8.94. The fourth-order valence-corrected chi connectivity index (χ4v) is 4.65. The van der Waals surface area contributed by atoms with E-state index in [0.29, 0.717) is 11.6 Å². The Morgan fingerprint density at radius 3 is 2.48 bits per heavy atom. The van der Waals surface area contributed by atoms with Crippen molar-refractivity contribution in [2.75, 3.05) is 29.9 Å². The zero-order valence-corrected chi connectivity index (χ0v) is 17.5. The molecule has 0 aliphatic carbocycles. The molecule has 2 aliphatic heterocycles. The lowest BCUT2D eigenvalue weighted by molar-refractivity contribution is 0.153. The first-order valence-electron chi connectivity index (χ1n) is 10.9. The van der Waals surface area contributed by atoms with E-state index in [1.54, 1.807) is 18.5 Å². The van der Waals surface area contributed by atoms with Gasteiger partial charge in [0.15, 0.2) is 0 Å². The molecule has 0 radical (unpaired) electrons. The largest absolute Gasteiger partial charge is 0.356 e. The van der Waals surface area contributed by atoms with Crippen LogP contribution in [0, 0.1) is 11.3 Å². The molecule has 0 unspecified atom stereocenters. The molecule has 31 heavy (non-hydrogen) atoms. The number of hydrogen-bond acceptors (Lipinski definition) is 6. The van der Waals surface area contributed by atoms with Crippen LogP contribution in [-0.4, -0.2) is 40.5 Å². The van der Waals surface area contributed by atoms with E-state index in [-0.39, 0.29) is 0 Å². The second kappa shape index (κ2) is 8.75. The molecule has 0 amide bonds. The first kappa shape index (κ1) is 19.5. The van der Waals surface area contributed by atoms with Gasteiger partial charge in [-0.25, -0.2) is 9.97 Å². The molecule has 3 heterocycles. The summed E-state index contributed by atoms with van der Waals surface area (Å²) in [7, 11) is 0. The summed E-state index contributed by atoms with van der Waals surface area (Å²) in [5.74, 6) is 1.73. The minimum Gasteiger partial charge on any atom is -0.356 e. The molecule has 1 aromatic heterocycles. The van der Waals surface area contributed by atoms with Crippen molar-refractivity contribution in [3.63, 3.8) is 0 Å². The highest BCUT2D eigenvalue weighted by Crippen LogP contribution is 2.27. The molecule has 1 saturated heterocycles. The Morgan fingerprint density at radius 2 is 1.71 bits per heavy atom. The minimum atomic E-state index is 0.641. The third-order valence-corrected chi connectivity index (χ3v) is 6.40. The molecule has 0 saturated carbocycles. The average Bonchev–Trinajstić information content (AvgIpc) is 2.84. The predicted molar refractivity (Wildman–Crippen MR) is 122 cm³/mol. The molecule has 1 N–H and O–H groups in total. The smallest absolute Gasteiger partial charge is 0.135 e. The Balaban J connectivity index is 1.20. The van der Waals surface area contributed by atoms with Crippen LogP contribution in [0.5, 0.6) is 0 Å². The van der Waals surface area contributed by atoms with Gasteiger partial charge < -0.3 is 10.2 Å². The van der Waals surface area contributed by atoms with Gasteiger partial charge in [0, 0.05) is 44.0 Å². The molecule has 2 aliphatic rings. The Labute approximate surface area is 183 Å². The number of piperidine rings is 1. The normalized spacial score (nSPS) is 17.1. The molecule has 0 spiro atoms. The SMILES string of the molecule is N#Cc1ccc(Nc2cc(N3CCC(N4CCc5ccccc5C4)CC3)ncn2)cc1. The number of hydrogen-bond donors (Lipinski definition) is 1. The van der Waals surface area contributed by atoms with Crippen molar-refractivity contribution in [3.05, 3.63) is 77.6 Å². The monoisotopic (exact) mass is 410 g/mol. The Hall–Kier alpha value is -3.43. The second-order valence-electron chi connectivity index (χ2n) is 8.28. The third-order valence-electron chi connectivity index (χ3n) is 6.40. The summed E-state index contributed by atoms with van der Waals surface area (Å²) in [6, 6.07) is 21.0. The van der Waals surface area contributed by atoms with Gasteiger partial charge in [0.25, 0.3) is 0 Å². The van der Waals surface area contributed by atoms with Gasteiger partial charge in [-0.1, -0.05) is 24.3 Å². The van der Waals surface area contributed by atoms with E-state index in [0.717, 1.165) is 62.8 Å². The number of benzene rings is 2. The highest BCUT2D eigenvalue weighted by molar-refractivity contribution is 5.60. The lowest BCUT2D eigenvalue weighted by atomic mass is 9.95. The maximum Gasteiger partial charge on any atom is 0.135 e. The number of nitrogens with one attached hydrogen (secondary N) is 1. The summed E-state index contributed by atoms with van der Waals surface area (Å²) in [6.45, 7) is 4.26. The predicted octanol–water partition coefficient (Wildman–Crippen LogP) is 4.12. The molecule has 1 fully saturated rings. The molecule has 2 aromatic carbocycles. The molecule has 6 heteroatoms. The molecule has 0 atom stereocenters. The number of aromatic nitrogens is 2. The highest BCUT2D eigenvalue weighted by atomic mass is 15.2. The molecule has 6 nitrogen and oxygen atoms in total. The molecule has 0 bridgehead atoms. The summed E-state index contributed by atoms with van der Waals surface area (Å²) in [5, 5.41) is 12.3. The second-order valence-corrected chi connectivity index (χ2v) is 8.28. The van der Waals surface area contributed by atoms with Crippen molar-refractivity contribution in [1.29, 1.82) is 5.26 Å². The summed E-state index contributed by atoms with van der Waals surface area (Å²) in [6.07, 6.45) is 5.09. The summed E-state index contributed by atoms with van der Waals surface area (Å²) in [5.41, 5.74) is 4.56. The zero-order chi connectivity index (χ0) is 21.0. The van der Waals surface area contributed by atoms with E-state index in [9.17, 15) is 0 Å². The van der Waals surface area contributed by atoms with Crippen LogP contribution in [0.25, 0.3) is 0 Å². The van der Waals surface area contributed by atoms with Gasteiger partial charge in [0.2, 0.25) is 0 Å². The molecule has 156 valence electrons. The van der Waals surface area contributed by atoms with E-state index >= 15 is 0 Å². The lowest BCUT2D eigenvalue weighted by Gasteiger charge is -2.41. The number of nitriles is 1. The van der Waals surface area contributed by atoms with Crippen molar-refractivity contribution in [1.82, 2.24) is 14.9 Å². The Bertz CT molecular complexity index is 1080. The fourth-order valence-electron chi connectivity index (χ4n) is 4.65. The summed E-state index contributed by atoms with van der Waals surface area (Å²) in [4.78, 5) is 13.9. The van der Waals surface area contributed by atoms with Crippen LogP contribution in [0.4, 0.5) is 17.3 Å². The van der Waals surface area contributed by atoms with Gasteiger partial charge in [0.05, 0.1) is 11.6 Å². The standard InChI is InChI=1S/C25H26N6/c26-16-19-5-7-22(8-6-19)29-24-15-25(28-18-27-24)30-13-10-23(11-14-30)31-12-9-20-3-1-2-4-21(20)17-31/h1-8,15,18,23H,9-14,17H2,(H,27,28,29). The maximum atomic E-state index is 8.94. The van der Waals surface area contributed by atoms with Crippen LogP contribution in [0.15, 0.2) is 60.9 Å². The number of nitrogens with zero attached hydrogens (tertiary/aromatic N) is 5. The van der Waals surface area contributed by atoms with E-state index in [1.165, 1.54) is 11.1 Å². The van der Waals surface area contributed by atoms with E-state index < -0.39 is 0 Å². The van der Waals surface area contributed by atoms with Crippen molar-refractivity contribution in [2.24, 2.45) is 0 Å². The number of rotatable bonds is 4. The van der Waals surface area contributed by atoms with Crippen molar-refractivity contribution >= 4 is 17.3 Å². The third kappa shape index (κ3) is 4.37. The molecule has 5 rings (SSSR count). The zero-order valence-electron chi connectivity index (χ0n) is 17.5. The first-order valence-corrected chi connectivity index (χ1v) is 10.9. The van der Waals surface area contributed by atoms with Crippen LogP contribution >= 0.6 is 0 Å². The Kier molecular flexibility index (Phi) is 5.51. The van der Waals surface area contributed by atoms with Crippen molar-refractivity contribution in [2.45, 2.75) is 31.8 Å². The van der Waals surface area contributed by atoms with E-state index in [4.69, 9.17) is 5.26 Å². The fraction of sp³-hybridized carbons (Fsp3) is 0.320. The van der Waals surface area contributed by atoms with Crippen molar-refractivity contribution < 1.29 is 0 Å². The quantitative estimate of drug-likeness (QED) is 0.698. The average molecular weight is 411 g/mol. The number of fused-ring (bicyclic) bond motifs is 1. The lowest BCUT2D eigenvalue weighted by Crippen LogP contribution is -2.46. The van der Waals surface area contributed by atoms with Crippen LogP contribution in [0.3, 0.4) is 0 Å². The first-order chi connectivity index (χ1) is 15.3. The summed E-state index contributed by atoms with van der Waals surface area (Å²) >= 11 is 0. The van der Waals surface area contributed by atoms with Crippen LogP contribution in [0.1, 0.15) is 29.5 Å². The van der Waals surface area contributed by atoms with Gasteiger partial charge in [0.1, 0.15) is 18.0 Å². The number of anilines is 3. The van der Waals surface area contributed by atoms with E-state index in [2.05, 4.69) is 55.4 Å². The van der Waals surface area contributed by atoms with Crippen LogP contribution in [0.2, 0.25) is 0 Å². The van der Waals surface area contributed by atoms with Crippen molar-refractivity contribution in [3.8, 4) is 6.07 Å². The Morgan fingerprint density at radius 1 is 0.935 bits per heavy atom. The molecule has 3 aromatic rings. The molecular weight excluding hydrogens is 384 g/mol. The van der Waals surface area contributed by atoms with Gasteiger partial charge in [-0.2, -0.15) is 5.26 Å². The molecular formula is C25H26N6. The van der Waals surface area contributed by atoms with Gasteiger partial charge in [-0.3, -0.25) is 4.90 Å². The van der Waals surface area contributed by atoms with Crippen LogP contribution in [-0.2, 0) is 13.0 Å². The van der Waals surface area contributed by atoms with E-state index in [1.807, 2.05) is 18.2 Å². The van der Waals surface area contributed by atoms with Gasteiger partial charge in [-0.15, -0.1) is 0 Å². The highest BCUT2D eigenvalue weighted by Gasteiger charge is 2.27. The topological polar surface area (TPSA) is 68.1 Å². The minimum absolute atomic E-state index is 0.641. The van der Waals surface area contributed by atoms with Gasteiger partial charge >= 0.3 is 0 Å².